The van der Waals surface area contributed by atoms with Gasteiger partial charge < -0.3 is 10.5 Å². The molecule has 19 heavy (non-hydrogen) atoms. The highest BCUT2D eigenvalue weighted by Gasteiger charge is 2.09. The first-order chi connectivity index (χ1) is 9.16. The minimum Gasteiger partial charge on any atom is -0.491 e. The Kier molecular flexibility index (Phi) is 4.28. The third kappa shape index (κ3) is 3.64. The van der Waals surface area contributed by atoms with Crippen LogP contribution < -0.4 is 10.5 Å². The highest BCUT2D eigenvalue weighted by Crippen LogP contribution is 2.25. The van der Waals surface area contributed by atoms with Gasteiger partial charge in [-0.05, 0) is 30.5 Å². The van der Waals surface area contributed by atoms with Crippen molar-refractivity contribution in [1.82, 2.24) is 4.98 Å². The molecule has 0 saturated heterocycles. The Bertz CT molecular complexity index is 547. The largest absolute Gasteiger partial charge is 0.491 e. The molecule has 0 aliphatic rings. The Morgan fingerprint density at radius 1 is 1.16 bits per heavy atom. The molecular weight excluding hydrogens is 250 g/mol. The fourth-order valence-electron chi connectivity index (χ4n) is 1.69. The maximum Gasteiger partial charge on any atom is 0.152 e. The van der Waals surface area contributed by atoms with Crippen LogP contribution >= 0.6 is 0 Å². The topological polar surface area (TPSA) is 48.1 Å². The van der Waals surface area contributed by atoms with Crippen molar-refractivity contribution < 1.29 is 13.5 Å². The summed E-state index contributed by atoms with van der Waals surface area (Å²) in [6.07, 6.45) is 4.97. The first kappa shape index (κ1) is 13.3. The smallest absolute Gasteiger partial charge is 0.152 e. The lowest BCUT2D eigenvalue weighted by molar-refractivity contribution is 0.309. The maximum atomic E-state index is 13.2. The van der Waals surface area contributed by atoms with Crippen LogP contribution in [-0.4, -0.2) is 11.6 Å². The number of rotatable bonds is 5. The first-order valence-electron chi connectivity index (χ1n) is 5.93. The van der Waals surface area contributed by atoms with Crippen LogP contribution in [0.3, 0.4) is 0 Å². The van der Waals surface area contributed by atoms with Gasteiger partial charge in [0.15, 0.2) is 5.82 Å². The molecule has 0 aliphatic carbocycles. The minimum absolute atomic E-state index is 0.0484. The van der Waals surface area contributed by atoms with Gasteiger partial charge in [0.25, 0.3) is 0 Å². The number of nitrogens with zero attached hydrogens (tertiary/aromatic N) is 1. The molecule has 2 aromatic rings. The van der Waals surface area contributed by atoms with Gasteiger partial charge >= 0.3 is 0 Å². The number of hydrogen-bond acceptors (Lipinski definition) is 3. The zero-order valence-electron chi connectivity index (χ0n) is 10.3. The summed E-state index contributed by atoms with van der Waals surface area (Å²) in [5.74, 6) is -1.45. The Morgan fingerprint density at radius 3 is 2.63 bits per heavy atom. The summed E-state index contributed by atoms with van der Waals surface area (Å²) < 4.78 is 31.5. The predicted molar refractivity (Wildman–Crippen MR) is 68.8 cm³/mol. The fraction of sp³-hybridized carbons (Fsp3) is 0.214. The van der Waals surface area contributed by atoms with E-state index in [1.807, 2.05) is 12.1 Å². The molecule has 0 radical (unpaired) electrons. The van der Waals surface area contributed by atoms with Gasteiger partial charge in [-0.3, -0.25) is 4.98 Å². The van der Waals surface area contributed by atoms with E-state index in [0.717, 1.165) is 30.5 Å². The van der Waals surface area contributed by atoms with E-state index in [9.17, 15) is 8.78 Å². The third-order valence-electron chi connectivity index (χ3n) is 2.67. The van der Waals surface area contributed by atoms with Crippen LogP contribution in [0, 0.1) is 11.6 Å². The summed E-state index contributed by atoms with van der Waals surface area (Å²) in [7, 11) is 0. The van der Waals surface area contributed by atoms with Crippen LogP contribution in [0.15, 0.2) is 36.7 Å². The van der Waals surface area contributed by atoms with Gasteiger partial charge in [-0.2, -0.15) is 0 Å². The molecule has 0 fully saturated rings. The molecular formula is C14H14F2N2O. The summed E-state index contributed by atoms with van der Waals surface area (Å²) in [5.41, 5.74) is 6.44. The third-order valence-corrected chi connectivity index (χ3v) is 2.67. The molecule has 0 unspecified atom stereocenters. The SMILES string of the molecule is Nc1c(F)cc(F)cc1OCCCc1ccncc1. The van der Waals surface area contributed by atoms with Crippen LogP contribution in [0.4, 0.5) is 14.5 Å². The van der Waals surface area contributed by atoms with Crippen LogP contribution in [-0.2, 0) is 6.42 Å². The molecule has 0 spiro atoms. The van der Waals surface area contributed by atoms with E-state index in [4.69, 9.17) is 10.5 Å². The summed E-state index contributed by atoms with van der Waals surface area (Å²) >= 11 is 0. The molecule has 0 aliphatic heterocycles. The van der Waals surface area contributed by atoms with Gasteiger partial charge in [-0.15, -0.1) is 0 Å². The highest BCUT2D eigenvalue weighted by atomic mass is 19.1. The summed E-state index contributed by atoms with van der Waals surface area (Å²) in [6.45, 7) is 0.343. The molecule has 0 atom stereocenters. The number of pyridine rings is 1. The number of nitrogen functional groups attached to an aromatic ring is 1. The number of ether oxygens (including phenoxy) is 1. The molecule has 1 heterocycles. The zero-order valence-corrected chi connectivity index (χ0v) is 10.3. The van der Waals surface area contributed by atoms with Crippen molar-refractivity contribution in [2.75, 3.05) is 12.3 Å². The maximum absolute atomic E-state index is 13.2. The Hall–Kier alpha value is -2.17. The quantitative estimate of drug-likeness (QED) is 0.667. The van der Waals surface area contributed by atoms with Crippen molar-refractivity contribution in [2.45, 2.75) is 12.8 Å². The van der Waals surface area contributed by atoms with E-state index in [-0.39, 0.29) is 11.4 Å². The van der Waals surface area contributed by atoms with E-state index in [1.54, 1.807) is 12.4 Å². The van der Waals surface area contributed by atoms with E-state index >= 15 is 0 Å². The van der Waals surface area contributed by atoms with Crippen LogP contribution in [0.2, 0.25) is 0 Å². The van der Waals surface area contributed by atoms with Crippen molar-refractivity contribution >= 4 is 5.69 Å². The van der Waals surface area contributed by atoms with E-state index in [2.05, 4.69) is 4.98 Å². The Labute approximate surface area is 110 Å². The van der Waals surface area contributed by atoms with Gasteiger partial charge in [0, 0.05) is 24.5 Å². The lowest BCUT2D eigenvalue weighted by Gasteiger charge is -2.09. The first-order valence-corrected chi connectivity index (χ1v) is 5.93. The number of nitrogens with two attached hydrogens (primary N) is 1. The summed E-state index contributed by atoms with van der Waals surface area (Å²) in [4.78, 5) is 3.92. The minimum atomic E-state index is -0.802. The molecule has 0 amide bonds. The monoisotopic (exact) mass is 264 g/mol. The summed E-state index contributed by atoms with van der Waals surface area (Å²) in [6, 6.07) is 5.65. The van der Waals surface area contributed by atoms with Crippen LogP contribution in [0.1, 0.15) is 12.0 Å². The lowest BCUT2D eigenvalue weighted by atomic mass is 10.1. The van der Waals surface area contributed by atoms with Crippen molar-refractivity contribution in [3.63, 3.8) is 0 Å². The standard InChI is InChI=1S/C14H14F2N2O/c15-11-8-12(16)14(17)13(9-11)19-7-1-2-10-3-5-18-6-4-10/h3-6,8-9H,1-2,7,17H2. The second-order valence-corrected chi connectivity index (χ2v) is 4.11. The molecule has 100 valence electrons. The molecule has 2 N–H and O–H groups in total. The number of hydrogen-bond donors (Lipinski definition) is 1. The second-order valence-electron chi connectivity index (χ2n) is 4.11. The van der Waals surface area contributed by atoms with Crippen molar-refractivity contribution in [1.29, 1.82) is 0 Å². The van der Waals surface area contributed by atoms with Crippen LogP contribution in [0.25, 0.3) is 0 Å². The second kappa shape index (κ2) is 6.13. The number of aryl methyl sites for hydroxylation is 1. The molecule has 3 nitrogen and oxygen atoms in total. The van der Waals surface area contributed by atoms with Gasteiger partial charge in [0.1, 0.15) is 17.3 Å². The van der Waals surface area contributed by atoms with Crippen molar-refractivity contribution in [2.24, 2.45) is 0 Å². The average molecular weight is 264 g/mol. The van der Waals surface area contributed by atoms with E-state index in [0.29, 0.717) is 6.61 Å². The van der Waals surface area contributed by atoms with E-state index in [1.165, 1.54) is 0 Å². The van der Waals surface area contributed by atoms with Crippen molar-refractivity contribution in [3.8, 4) is 5.75 Å². The Balaban J connectivity index is 1.86. The molecule has 0 saturated carbocycles. The van der Waals surface area contributed by atoms with E-state index < -0.39 is 11.6 Å². The number of benzene rings is 1. The highest BCUT2D eigenvalue weighted by molar-refractivity contribution is 5.53. The molecule has 5 heteroatoms. The molecule has 1 aromatic carbocycles. The van der Waals surface area contributed by atoms with Crippen molar-refractivity contribution in [3.05, 3.63) is 53.9 Å². The Morgan fingerprint density at radius 2 is 1.89 bits per heavy atom. The van der Waals surface area contributed by atoms with Crippen LogP contribution in [0.5, 0.6) is 5.75 Å². The molecule has 0 bridgehead atoms. The van der Waals surface area contributed by atoms with Gasteiger partial charge in [0.05, 0.1) is 6.61 Å². The number of anilines is 1. The predicted octanol–water partition coefficient (Wildman–Crippen LogP) is 2.95. The van der Waals surface area contributed by atoms with Gasteiger partial charge in [0.2, 0.25) is 0 Å². The normalized spacial score (nSPS) is 10.4. The number of aromatic nitrogens is 1. The number of halogens is 2. The lowest BCUT2D eigenvalue weighted by Crippen LogP contribution is -2.04. The fourth-order valence-corrected chi connectivity index (χ4v) is 1.69. The summed E-state index contributed by atoms with van der Waals surface area (Å²) in [5, 5.41) is 0. The zero-order chi connectivity index (χ0) is 13.7. The molecule has 2 rings (SSSR count). The van der Waals surface area contributed by atoms with Gasteiger partial charge in [-0.25, -0.2) is 8.78 Å². The molecule has 1 aromatic heterocycles. The van der Waals surface area contributed by atoms with Gasteiger partial charge in [-0.1, -0.05) is 0 Å². The average Bonchev–Trinajstić information content (AvgIpc) is 2.41.